The fraction of sp³-hybridized carbons (Fsp3) is 0.455. The predicted molar refractivity (Wildman–Crippen MR) is 50.6 cm³/mol. The lowest BCUT2D eigenvalue weighted by molar-refractivity contribution is -0.927. The van der Waals surface area contributed by atoms with E-state index in [-0.39, 0.29) is 0 Å². The third-order valence-corrected chi connectivity index (χ3v) is 2.99. The normalized spacial score (nSPS) is 19.2. The highest BCUT2D eigenvalue weighted by Crippen LogP contribution is 2.27. The van der Waals surface area contributed by atoms with Gasteiger partial charge in [0, 0.05) is 11.1 Å². The summed E-state index contributed by atoms with van der Waals surface area (Å²) in [5.74, 6) is 0. The minimum Gasteiger partial charge on any atom is -0.319 e. The molecular formula is C11H16N+. The Morgan fingerprint density at radius 1 is 1.17 bits per heavy atom. The summed E-state index contributed by atoms with van der Waals surface area (Å²) < 4.78 is 1.18. The second-order valence-electron chi connectivity index (χ2n) is 4.02. The van der Waals surface area contributed by atoms with E-state index in [0.717, 1.165) is 0 Å². The number of fused-ring (bicyclic) bond motifs is 1. The number of benzene rings is 1. The van der Waals surface area contributed by atoms with Crippen molar-refractivity contribution < 1.29 is 4.48 Å². The van der Waals surface area contributed by atoms with Crippen molar-refractivity contribution >= 4 is 0 Å². The Kier molecular flexibility index (Phi) is 1.69. The van der Waals surface area contributed by atoms with Crippen molar-refractivity contribution in [3.8, 4) is 0 Å². The lowest BCUT2D eigenvalue weighted by Gasteiger charge is -2.27. The van der Waals surface area contributed by atoms with E-state index >= 15 is 0 Å². The van der Waals surface area contributed by atoms with Crippen LogP contribution in [-0.2, 0) is 13.1 Å². The summed E-state index contributed by atoms with van der Waals surface area (Å²) in [4.78, 5) is 0. The predicted octanol–water partition coefficient (Wildman–Crippen LogP) is 2.17. The third kappa shape index (κ3) is 1.14. The van der Waals surface area contributed by atoms with Gasteiger partial charge in [-0.15, -0.1) is 0 Å². The minimum atomic E-state index is 1.18. The molecule has 0 spiro atoms. The van der Waals surface area contributed by atoms with E-state index in [4.69, 9.17) is 0 Å². The molecule has 1 nitrogen and oxygen atoms in total. The first-order valence-electron chi connectivity index (χ1n) is 4.64. The van der Waals surface area contributed by atoms with Crippen LogP contribution in [0.5, 0.6) is 0 Å². The first-order valence-corrected chi connectivity index (χ1v) is 4.64. The van der Waals surface area contributed by atoms with E-state index < -0.39 is 0 Å². The molecule has 1 aromatic carbocycles. The van der Waals surface area contributed by atoms with Crippen LogP contribution in [0.1, 0.15) is 18.1 Å². The largest absolute Gasteiger partial charge is 0.319 e. The van der Waals surface area contributed by atoms with E-state index in [1.165, 1.54) is 24.1 Å². The maximum atomic E-state index is 2.33. The standard InChI is InChI=1S/C11H16N/c1-3-12(2)8-10-6-4-5-7-11(10)9-12/h4-7H,3,8-9H2,1-2H3/q+1. The number of quaternary nitrogens is 1. The smallest absolute Gasteiger partial charge is 0.105 e. The highest BCUT2D eigenvalue weighted by atomic mass is 15.3. The molecule has 64 valence electrons. The van der Waals surface area contributed by atoms with E-state index in [0.29, 0.717) is 0 Å². The summed E-state index contributed by atoms with van der Waals surface area (Å²) in [7, 11) is 2.33. The number of rotatable bonds is 1. The van der Waals surface area contributed by atoms with Gasteiger partial charge in [0.15, 0.2) is 0 Å². The molecule has 0 bridgehead atoms. The Labute approximate surface area is 74.2 Å². The van der Waals surface area contributed by atoms with E-state index in [1.807, 2.05) is 0 Å². The number of nitrogens with zero attached hydrogens (tertiary/aromatic N) is 1. The van der Waals surface area contributed by atoms with Gasteiger partial charge in [0.25, 0.3) is 0 Å². The van der Waals surface area contributed by atoms with Crippen molar-refractivity contribution in [2.24, 2.45) is 0 Å². The van der Waals surface area contributed by atoms with Crippen molar-refractivity contribution in [3.63, 3.8) is 0 Å². The fourth-order valence-corrected chi connectivity index (χ4v) is 1.97. The van der Waals surface area contributed by atoms with Gasteiger partial charge in [0.2, 0.25) is 0 Å². The van der Waals surface area contributed by atoms with Crippen molar-refractivity contribution in [1.82, 2.24) is 0 Å². The first kappa shape index (κ1) is 7.81. The molecule has 0 amide bonds. The molecule has 0 atom stereocenters. The lowest BCUT2D eigenvalue weighted by Crippen LogP contribution is -2.37. The zero-order valence-corrected chi connectivity index (χ0v) is 7.88. The third-order valence-electron chi connectivity index (χ3n) is 2.99. The van der Waals surface area contributed by atoms with Crippen molar-refractivity contribution in [1.29, 1.82) is 0 Å². The Bertz CT molecular complexity index is 266. The number of hydrogen-bond donors (Lipinski definition) is 0. The topological polar surface area (TPSA) is 0 Å². The van der Waals surface area contributed by atoms with Crippen molar-refractivity contribution in [3.05, 3.63) is 35.4 Å². The molecule has 1 aliphatic heterocycles. The van der Waals surface area contributed by atoms with Gasteiger partial charge in [0.05, 0.1) is 13.6 Å². The van der Waals surface area contributed by atoms with Crippen LogP contribution < -0.4 is 0 Å². The van der Waals surface area contributed by atoms with Gasteiger partial charge in [-0.1, -0.05) is 24.3 Å². The van der Waals surface area contributed by atoms with E-state index in [2.05, 4.69) is 38.2 Å². The quantitative estimate of drug-likeness (QED) is 0.555. The molecule has 0 saturated heterocycles. The van der Waals surface area contributed by atoms with Crippen LogP contribution in [0.2, 0.25) is 0 Å². The maximum absolute atomic E-state index is 2.33. The van der Waals surface area contributed by atoms with Gasteiger partial charge in [-0.25, -0.2) is 0 Å². The van der Waals surface area contributed by atoms with Crippen LogP contribution in [-0.4, -0.2) is 18.1 Å². The van der Waals surface area contributed by atoms with Crippen LogP contribution in [0.3, 0.4) is 0 Å². The monoisotopic (exact) mass is 162 g/mol. The van der Waals surface area contributed by atoms with Crippen LogP contribution >= 0.6 is 0 Å². The molecule has 1 heterocycles. The molecule has 0 radical (unpaired) electrons. The summed E-state index contributed by atoms with van der Waals surface area (Å²) in [5, 5.41) is 0. The zero-order chi connectivity index (χ0) is 8.60. The van der Waals surface area contributed by atoms with Gasteiger partial charge < -0.3 is 4.48 Å². The summed E-state index contributed by atoms with van der Waals surface area (Å²) in [6.45, 7) is 5.93. The minimum absolute atomic E-state index is 1.18. The molecular weight excluding hydrogens is 146 g/mol. The Balaban J connectivity index is 2.33. The molecule has 1 heteroatoms. The van der Waals surface area contributed by atoms with Crippen molar-refractivity contribution in [2.45, 2.75) is 20.0 Å². The molecule has 1 aromatic rings. The molecule has 0 fully saturated rings. The summed E-state index contributed by atoms with van der Waals surface area (Å²) in [5.41, 5.74) is 3.09. The molecule has 0 N–H and O–H groups in total. The zero-order valence-electron chi connectivity index (χ0n) is 7.88. The molecule has 1 aliphatic rings. The SMILES string of the molecule is CC[N+]1(C)Cc2ccccc2C1. The van der Waals surface area contributed by atoms with Crippen LogP contribution in [0.4, 0.5) is 0 Å². The van der Waals surface area contributed by atoms with Gasteiger partial charge in [-0.2, -0.15) is 0 Å². The van der Waals surface area contributed by atoms with E-state index in [1.54, 1.807) is 11.1 Å². The molecule has 0 saturated carbocycles. The Morgan fingerprint density at radius 3 is 2.08 bits per heavy atom. The average molecular weight is 162 g/mol. The van der Waals surface area contributed by atoms with Crippen LogP contribution in [0, 0.1) is 0 Å². The Morgan fingerprint density at radius 2 is 1.67 bits per heavy atom. The molecule has 0 unspecified atom stereocenters. The lowest BCUT2D eigenvalue weighted by atomic mass is 10.1. The van der Waals surface area contributed by atoms with Gasteiger partial charge in [-0.05, 0) is 6.92 Å². The van der Waals surface area contributed by atoms with Gasteiger partial charge >= 0.3 is 0 Å². The molecule has 2 rings (SSSR count). The van der Waals surface area contributed by atoms with Crippen LogP contribution in [0.15, 0.2) is 24.3 Å². The summed E-state index contributed by atoms with van der Waals surface area (Å²) in [6, 6.07) is 8.80. The van der Waals surface area contributed by atoms with E-state index in [9.17, 15) is 0 Å². The summed E-state index contributed by atoms with van der Waals surface area (Å²) in [6.07, 6.45) is 0. The Hall–Kier alpha value is -0.820. The highest BCUT2D eigenvalue weighted by Gasteiger charge is 2.29. The van der Waals surface area contributed by atoms with Gasteiger partial charge in [0.1, 0.15) is 13.1 Å². The fourth-order valence-electron chi connectivity index (χ4n) is 1.97. The number of hydrogen-bond acceptors (Lipinski definition) is 0. The second-order valence-corrected chi connectivity index (χ2v) is 4.02. The average Bonchev–Trinajstić information content (AvgIpc) is 2.42. The van der Waals surface area contributed by atoms with Gasteiger partial charge in [-0.3, -0.25) is 0 Å². The maximum Gasteiger partial charge on any atom is 0.105 e. The molecule has 0 aliphatic carbocycles. The first-order chi connectivity index (χ1) is 5.73. The second kappa shape index (κ2) is 2.60. The van der Waals surface area contributed by atoms with Crippen LogP contribution in [0.25, 0.3) is 0 Å². The molecule has 12 heavy (non-hydrogen) atoms. The summed E-state index contributed by atoms with van der Waals surface area (Å²) >= 11 is 0. The highest BCUT2D eigenvalue weighted by molar-refractivity contribution is 5.27. The van der Waals surface area contributed by atoms with Crippen molar-refractivity contribution in [2.75, 3.05) is 13.6 Å². The molecule has 0 aromatic heterocycles.